The second-order valence-corrected chi connectivity index (χ2v) is 11.8. The third kappa shape index (κ3) is 7.88. The van der Waals surface area contributed by atoms with Gasteiger partial charge in [0, 0.05) is 18.8 Å². The van der Waals surface area contributed by atoms with Crippen LogP contribution in [0.15, 0.2) is 77.5 Å². The van der Waals surface area contributed by atoms with Crippen LogP contribution in [0.1, 0.15) is 22.9 Å². The Hall–Kier alpha value is -3.78. The summed E-state index contributed by atoms with van der Waals surface area (Å²) in [7, 11) is -1.36. The molecule has 2 atom stereocenters. The lowest BCUT2D eigenvalue weighted by Gasteiger charge is -2.28. The number of thiophene rings is 1. The quantitative estimate of drug-likeness (QED) is 0.263. The molecule has 0 bridgehead atoms. The Labute approximate surface area is 240 Å². The zero-order chi connectivity index (χ0) is 28.7. The van der Waals surface area contributed by atoms with Crippen molar-refractivity contribution in [1.82, 2.24) is 15.2 Å². The number of amides is 2. The molecule has 3 N–H and O–H groups in total. The first-order chi connectivity index (χ1) is 19.1. The van der Waals surface area contributed by atoms with Gasteiger partial charge in [0.25, 0.3) is 0 Å². The minimum Gasteiger partial charge on any atom is -0.453 e. The number of carbonyl (C=O) groups excluding carboxylic acids is 2. The second-order valence-electron chi connectivity index (χ2n) is 8.83. The minimum absolute atomic E-state index is 0.0723. The monoisotopic (exact) mass is 600 g/mol. The normalized spacial score (nSPS) is 12.8. The number of rotatable bonds is 11. The van der Waals surface area contributed by atoms with Crippen molar-refractivity contribution >= 4 is 45.0 Å². The van der Waals surface area contributed by atoms with Gasteiger partial charge in [0.05, 0.1) is 23.7 Å². The van der Waals surface area contributed by atoms with Crippen LogP contribution in [0.3, 0.4) is 0 Å². The molecule has 10 nitrogen and oxygen atoms in total. The molecule has 4 rings (SSSR count). The van der Waals surface area contributed by atoms with E-state index >= 15 is 0 Å². The Morgan fingerprint density at radius 3 is 2.33 bits per heavy atom. The van der Waals surface area contributed by atoms with E-state index in [0.29, 0.717) is 12.1 Å². The van der Waals surface area contributed by atoms with E-state index in [4.69, 9.17) is 19.0 Å². The van der Waals surface area contributed by atoms with Crippen molar-refractivity contribution in [2.24, 2.45) is 5.14 Å². The number of hydrogen-bond acceptors (Lipinski definition) is 9. The molecule has 0 spiro atoms. The Bertz CT molecular complexity index is 1520. The van der Waals surface area contributed by atoms with Crippen LogP contribution >= 0.6 is 22.7 Å². The lowest BCUT2D eigenvalue weighted by Crippen LogP contribution is -2.50. The number of methoxy groups -OCH3 is 1. The smallest absolute Gasteiger partial charge is 0.409 e. The fraction of sp³-hybridized carbons (Fsp3) is 0.222. The molecule has 0 radical (unpaired) electrons. The molecule has 0 aliphatic carbocycles. The maximum Gasteiger partial charge on any atom is 0.409 e. The molecular weight excluding hydrogens is 573 g/mol. The molecule has 4 aromatic rings. The summed E-state index contributed by atoms with van der Waals surface area (Å²) in [6.45, 7) is 0. The molecule has 2 unspecified atom stereocenters. The van der Waals surface area contributed by atoms with Gasteiger partial charge in [-0.1, -0.05) is 48.5 Å². The topological polar surface area (TPSA) is 141 Å². The van der Waals surface area contributed by atoms with Crippen LogP contribution < -0.4 is 14.6 Å². The summed E-state index contributed by atoms with van der Waals surface area (Å²) in [6.07, 6.45) is -0.0105. The molecule has 2 aromatic carbocycles. The highest BCUT2D eigenvalue weighted by Crippen LogP contribution is 2.31. The fourth-order valence-electron chi connectivity index (χ4n) is 4.02. The third-order valence-electron chi connectivity index (χ3n) is 6.01. The van der Waals surface area contributed by atoms with Crippen molar-refractivity contribution in [3.05, 3.63) is 94.3 Å². The lowest BCUT2D eigenvalue weighted by molar-refractivity contribution is -0.126. The van der Waals surface area contributed by atoms with E-state index in [1.165, 1.54) is 42.5 Å². The number of carbonyl (C=O) groups is 2. The van der Waals surface area contributed by atoms with Crippen molar-refractivity contribution in [2.75, 3.05) is 14.2 Å². The standard InChI is InChI=1S/C27H28N4O6S3/c1-31(27(33)36-2)23(16-18-7-4-3-5-8-18)25(32)29-21(22-17-39-26(30-22)24-9-6-14-38-24)15-19-10-12-20(13-11-19)37-40(28,34)35/h3-14,17,21,23H,15-16H2,1-2H3,(H,29,32)(H2,28,34,35). The average molecular weight is 601 g/mol. The highest BCUT2D eigenvalue weighted by atomic mass is 32.2. The highest BCUT2D eigenvalue weighted by Gasteiger charge is 2.30. The molecule has 2 heterocycles. The summed E-state index contributed by atoms with van der Waals surface area (Å²) in [5.74, 6) is -0.301. The Morgan fingerprint density at radius 2 is 1.70 bits per heavy atom. The van der Waals surface area contributed by atoms with Crippen LogP contribution in [0.2, 0.25) is 0 Å². The Morgan fingerprint density at radius 1 is 1.00 bits per heavy atom. The van der Waals surface area contributed by atoms with Gasteiger partial charge in [-0.05, 0) is 41.1 Å². The molecule has 0 fully saturated rings. The molecule has 0 saturated heterocycles. The van der Waals surface area contributed by atoms with Crippen molar-refractivity contribution in [2.45, 2.75) is 24.9 Å². The number of ether oxygens (including phenoxy) is 1. The minimum atomic E-state index is -4.15. The number of nitrogens with two attached hydrogens (primary N) is 1. The van der Waals surface area contributed by atoms with Gasteiger partial charge in [-0.3, -0.25) is 9.69 Å². The Balaban J connectivity index is 1.62. The van der Waals surface area contributed by atoms with Gasteiger partial charge in [0.15, 0.2) is 0 Å². The highest BCUT2D eigenvalue weighted by molar-refractivity contribution is 7.84. The van der Waals surface area contributed by atoms with Crippen LogP contribution in [-0.2, 0) is 32.7 Å². The zero-order valence-electron chi connectivity index (χ0n) is 21.7. The third-order valence-corrected chi connectivity index (χ3v) is 8.33. The zero-order valence-corrected chi connectivity index (χ0v) is 24.2. The number of nitrogens with zero attached hydrogens (tertiary/aromatic N) is 2. The molecule has 2 aromatic heterocycles. The predicted molar refractivity (Wildman–Crippen MR) is 154 cm³/mol. The molecule has 210 valence electrons. The first kappa shape index (κ1) is 29.2. The van der Waals surface area contributed by atoms with Crippen molar-refractivity contribution in [1.29, 1.82) is 0 Å². The number of thiazole rings is 1. The maximum atomic E-state index is 13.7. The summed E-state index contributed by atoms with van der Waals surface area (Å²) in [5, 5.41) is 12.7. The number of likely N-dealkylation sites (N-methyl/N-ethyl adjacent to an activating group) is 1. The van der Waals surface area contributed by atoms with E-state index < -0.39 is 28.5 Å². The van der Waals surface area contributed by atoms with Gasteiger partial charge in [-0.15, -0.1) is 22.7 Å². The van der Waals surface area contributed by atoms with Crippen LogP contribution in [0, 0.1) is 0 Å². The summed E-state index contributed by atoms with van der Waals surface area (Å²) in [5.41, 5.74) is 2.33. The van der Waals surface area contributed by atoms with E-state index in [1.807, 2.05) is 53.2 Å². The predicted octanol–water partition coefficient (Wildman–Crippen LogP) is 4.16. The largest absolute Gasteiger partial charge is 0.453 e. The van der Waals surface area contributed by atoms with Crippen molar-refractivity contribution in [3.8, 4) is 15.6 Å². The van der Waals surface area contributed by atoms with Crippen molar-refractivity contribution in [3.63, 3.8) is 0 Å². The van der Waals surface area contributed by atoms with Crippen molar-refractivity contribution < 1.29 is 26.9 Å². The molecule has 2 amide bonds. The first-order valence-electron chi connectivity index (χ1n) is 12.1. The SMILES string of the molecule is COC(=O)N(C)C(Cc1ccccc1)C(=O)NC(Cc1ccc(OS(N)(=O)=O)cc1)c1csc(-c2cccs2)n1. The molecule has 0 aliphatic rings. The van der Waals surface area contributed by atoms with E-state index in [2.05, 4.69) is 5.32 Å². The van der Waals surface area contributed by atoms with Gasteiger partial charge in [0.2, 0.25) is 5.91 Å². The maximum absolute atomic E-state index is 13.7. The second kappa shape index (κ2) is 13.0. The average Bonchev–Trinajstić information content (AvgIpc) is 3.64. The number of aromatic nitrogens is 1. The fourth-order valence-corrected chi connectivity index (χ4v) is 6.09. The van der Waals surface area contributed by atoms with Crippen LogP contribution in [-0.4, -0.2) is 50.5 Å². The van der Waals surface area contributed by atoms with E-state index in [-0.39, 0.29) is 18.1 Å². The molecule has 0 saturated carbocycles. The van der Waals surface area contributed by atoms with E-state index in [1.54, 1.807) is 23.5 Å². The summed E-state index contributed by atoms with van der Waals surface area (Å²) < 4.78 is 32.1. The van der Waals surface area contributed by atoms with Gasteiger partial charge >= 0.3 is 16.4 Å². The summed E-state index contributed by atoms with van der Waals surface area (Å²) in [6, 6.07) is 18.3. The van der Waals surface area contributed by atoms with Gasteiger partial charge in [-0.25, -0.2) is 9.78 Å². The molecule has 0 aliphatic heterocycles. The van der Waals surface area contributed by atoms with Crippen LogP contribution in [0.4, 0.5) is 4.79 Å². The van der Waals surface area contributed by atoms with Crippen LogP contribution in [0.25, 0.3) is 9.88 Å². The first-order valence-corrected chi connectivity index (χ1v) is 15.3. The van der Waals surface area contributed by atoms with Gasteiger partial charge < -0.3 is 14.2 Å². The molecule has 13 heteroatoms. The summed E-state index contributed by atoms with van der Waals surface area (Å²) in [4.78, 5) is 33.2. The number of benzene rings is 2. The molecule has 40 heavy (non-hydrogen) atoms. The number of nitrogens with one attached hydrogen (secondary N) is 1. The summed E-state index contributed by atoms with van der Waals surface area (Å²) >= 11 is 3.04. The Kier molecular flexibility index (Phi) is 9.53. The van der Waals surface area contributed by atoms with Gasteiger partial charge in [-0.2, -0.15) is 13.6 Å². The molecular formula is C27H28N4O6S3. The van der Waals surface area contributed by atoms with E-state index in [0.717, 1.165) is 21.0 Å². The van der Waals surface area contributed by atoms with Gasteiger partial charge in [0.1, 0.15) is 16.8 Å². The lowest BCUT2D eigenvalue weighted by atomic mass is 10.0. The van der Waals surface area contributed by atoms with E-state index in [9.17, 15) is 18.0 Å². The number of hydrogen-bond donors (Lipinski definition) is 2. The van der Waals surface area contributed by atoms with Crippen LogP contribution in [0.5, 0.6) is 5.75 Å².